The van der Waals surface area contributed by atoms with E-state index in [1.807, 2.05) is 19.2 Å². The molecular formula is C14H21NOS. The number of hydrogen-bond donors (Lipinski definition) is 2. The van der Waals surface area contributed by atoms with Crippen LogP contribution in [0.4, 0.5) is 0 Å². The van der Waals surface area contributed by atoms with E-state index in [1.54, 1.807) is 6.07 Å². The highest BCUT2D eigenvalue weighted by Gasteiger charge is 2.24. The Morgan fingerprint density at radius 1 is 1.41 bits per heavy atom. The van der Waals surface area contributed by atoms with Crippen LogP contribution in [0, 0.1) is 5.92 Å². The van der Waals surface area contributed by atoms with Gasteiger partial charge in [0.15, 0.2) is 0 Å². The van der Waals surface area contributed by atoms with Crippen molar-refractivity contribution in [3.63, 3.8) is 0 Å². The highest BCUT2D eigenvalue weighted by atomic mass is 32.2. The first kappa shape index (κ1) is 12.8. The number of rotatable bonds is 4. The molecule has 0 amide bonds. The summed E-state index contributed by atoms with van der Waals surface area (Å²) in [6, 6.07) is 7.76. The lowest BCUT2D eigenvalue weighted by Gasteiger charge is -2.30. The fraction of sp³-hybridized carbons (Fsp3) is 0.571. The van der Waals surface area contributed by atoms with Crippen molar-refractivity contribution in [3.05, 3.63) is 29.8 Å². The van der Waals surface area contributed by atoms with Crippen molar-refractivity contribution in [2.24, 2.45) is 5.92 Å². The molecule has 1 heterocycles. The minimum atomic E-state index is 0.383. The van der Waals surface area contributed by atoms with Crippen molar-refractivity contribution in [1.82, 2.24) is 5.32 Å². The summed E-state index contributed by atoms with van der Waals surface area (Å²) in [6.45, 7) is 0.999. The Kier molecular flexibility index (Phi) is 4.75. The molecule has 2 rings (SSSR count). The summed E-state index contributed by atoms with van der Waals surface area (Å²) in [5, 5.41) is 12.9. The summed E-state index contributed by atoms with van der Waals surface area (Å²) in [4.78, 5) is 0. The monoisotopic (exact) mass is 251 g/mol. The first-order valence-corrected chi connectivity index (χ1v) is 7.48. The Bertz CT molecular complexity index is 350. The molecule has 0 spiro atoms. The summed E-state index contributed by atoms with van der Waals surface area (Å²) < 4.78 is 0. The maximum absolute atomic E-state index is 9.60. The van der Waals surface area contributed by atoms with Gasteiger partial charge in [0.2, 0.25) is 0 Å². The first-order valence-electron chi connectivity index (χ1n) is 6.32. The van der Waals surface area contributed by atoms with Crippen molar-refractivity contribution in [2.45, 2.75) is 18.8 Å². The Morgan fingerprint density at radius 2 is 2.18 bits per heavy atom. The van der Waals surface area contributed by atoms with Gasteiger partial charge in [-0.15, -0.1) is 0 Å². The molecule has 1 aromatic rings. The van der Waals surface area contributed by atoms with Gasteiger partial charge in [-0.2, -0.15) is 11.8 Å². The van der Waals surface area contributed by atoms with Crippen LogP contribution in [-0.4, -0.2) is 30.2 Å². The highest BCUT2D eigenvalue weighted by molar-refractivity contribution is 7.99. The average molecular weight is 251 g/mol. The van der Waals surface area contributed by atoms with Crippen LogP contribution in [0.25, 0.3) is 0 Å². The summed E-state index contributed by atoms with van der Waals surface area (Å²) in [5.74, 6) is 4.24. The van der Waals surface area contributed by atoms with E-state index >= 15 is 0 Å². The third-order valence-corrected chi connectivity index (χ3v) is 4.61. The second-order valence-electron chi connectivity index (χ2n) is 4.71. The fourth-order valence-electron chi connectivity index (χ4n) is 2.65. The zero-order valence-electron chi connectivity index (χ0n) is 10.4. The predicted molar refractivity (Wildman–Crippen MR) is 74.8 cm³/mol. The normalized spacial score (nSPS) is 19.1. The molecule has 1 aromatic carbocycles. The second kappa shape index (κ2) is 6.31. The molecule has 1 unspecified atom stereocenters. The Morgan fingerprint density at radius 3 is 2.82 bits per heavy atom. The van der Waals surface area contributed by atoms with E-state index < -0.39 is 0 Å². The zero-order chi connectivity index (χ0) is 12.1. The number of phenols is 1. The molecule has 0 radical (unpaired) electrons. The van der Waals surface area contributed by atoms with E-state index in [9.17, 15) is 5.11 Å². The molecule has 2 N–H and O–H groups in total. The summed E-state index contributed by atoms with van der Waals surface area (Å²) >= 11 is 2.06. The largest absolute Gasteiger partial charge is 0.508 e. The maximum Gasteiger partial charge on any atom is 0.115 e. The topological polar surface area (TPSA) is 32.3 Å². The van der Waals surface area contributed by atoms with Gasteiger partial charge in [0.25, 0.3) is 0 Å². The number of thioether (sulfide) groups is 1. The zero-order valence-corrected chi connectivity index (χ0v) is 11.2. The first-order chi connectivity index (χ1) is 8.31. The van der Waals surface area contributed by atoms with Crippen LogP contribution in [0.3, 0.4) is 0 Å². The molecule has 0 aromatic heterocycles. The van der Waals surface area contributed by atoms with Crippen molar-refractivity contribution < 1.29 is 5.11 Å². The Balaban J connectivity index is 2.15. The second-order valence-corrected chi connectivity index (χ2v) is 5.93. The van der Waals surface area contributed by atoms with Gasteiger partial charge in [-0.05, 0) is 60.9 Å². The fourth-order valence-corrected chi connectivity index (χ4v) is 3.79. The summed E-state index contributed by atoms with van der Waals surface area (Å²) in [7, 11) is 2.01. The van der Waals surface area contributed by atoms with Crippen LogP contribution >= 0.6 is 11.8 Å². The lowest BCUT2D eigenvalue weighted by Crippen LogP contribution is -2.26. The third-order valence-electron chi connectivity index (χ3n) is 3.56. The van der Waals surface area contributed by atoms with Crippen LogP contribution in [-0.2, 0) is 0 Å². The summed E-state index contributed by atoms with van der Waals surface area (Å²) in [5.41, 5.74) is 1.27. The SMILES string of the molecule is CNCC(c1cccc(O)c1)C1CCSCC1. The minimum Gasteiger partial charge on any atom is -0.508 e. The van der Waals surface area contributed by atoms with E-state index in [0.29, 0.717) is 11.7 Å². The average Bonchev–Trinajstić information content (AvgIpc) is 2.37. The molecule has 1 saturated heterocycles. The molecule has 1 atom stereocenters. The van der Waals surface area contributed by atoms with Gasteiger partial charge in [0.1, 0.15) is 5.75 Å². The van der Waals surface area contributed by atoms with Gasteiger partial charge in [-0.25, -0.2) is 0 Å². The Hall–Kier alpha value is -0.670. The van der Waals surface area contributed by atoms with Crippen molar-refractivity contribution >= 4 is 11.8 Å². The lowest BCUT2D eigenvalue weighted by molar-refractivity contribution is 0.384. The number of phenolic OH excluding ortho intramolecular Hbond substituents is 1. The van der Waals surface area contributed by atoms with Gasteiger partial charge < -0.3 is 10.4 Å². The van der Waals surface area contributed by atoms with Gasteiger partial charge in [0.05, 0.1) is 0 Å². The van der Waals surface area contributed by atoms with Crippen LogP contribution < -0.4 is 5.32 Å². The predicted octanol–water partition coefficient (Wildman–Crippen LogP) is 2.84. The van der Waals surface area contributed by atoms with Gasteiger partial charge in [0, 0.05) is 6.54 Å². The molecule has 17 heavy (non-hydrogen) atoms. The van der Waals surface area contributed by atoms with Crippen LogP contribution in [0.5, 0.6) is 5.75 Å². The van der Waals surface area contributed by atoms with E-state index in [2.05, 4.69) is 23.1 Å². The van der Waals surface area contributed by atoms with Crippen molar-refractivity contribution in [1.29, 1.82) is 0 Å². The molecule has 1 fully saturated rings. The lowest BCUT2D eigenvalue weighted by atomic mass is 9.82. The number of hydrogen-bond acceptors (Lipinski definition) is 3. The molecule has 94 valence electrons. The molecule has 1 aliphatic heterocycles. The number of aromatic hydroxyl groups is 1. The quantitative estimate of drug-likeness (QED) is 0.863. The maximum atomic E-state index is 9.60. The van der Waals surface area contributed by atoms with E-state index in [0.717, 1.165) is 12.5 Å². The highest BCUT2D eigenvalue weighted by Crippen LogP contribution is 2.35. The van der Waals surface area contributed by atoms with E-state index in [4.69, 9.17) is 0 Å². The van der Waals surface area contributed by atoms with E-state index in [1.165, 1.54) is 29.9 Å². The molecule has 1 aliphatic rings. The molecule has 0 aliphatic carbocycles. The smallest absolute Gasteiger partial charge is 0.115 e. The van der Waals surface area contributed by atoms with Crippen molar-refractivity contribution in [3.8, 4) is 5.75 Å². The Labute approximate surface area is 108 Å². The molecule has 0 saturated carbocycles. The third kappa shape index (κ3) is 3.39. The van der Waals surface area contributed by atoms with Crippen LogP contribution in [0.1, 0.15) is 24.3 Å². The number of likely N-dealkylation sites (N-methyl/N-ethyl adjacent to an activating group) is 1. The van der Waals surface area contributed by atoms with E-state index in [-0.39, 0.29) is 0 Å². The number of nitrogens with one attached hydrogen (secondary N) is 1. The molecule has 2 nitrogen and oxygen atoms in total. The van der Waals surface area contributed by atoms with Gasteiger partial charge >= 0.3 is 0 Å². The van der Waals surface area contributed by atoms with Gasteiger partial charge in [-0.3, -0.25) is 0 Å². The molecular weight excluding hydrogens is 230 g/mol. The molecule has 0 bridgehead atoms. The molecule has 3 heteroatoms. The standard InChI is InChI=1S/C14H21NOS/c1-15-10-14(11-5-7-17-8-6-11)12-3-2-4-13(16)9-12/h2-4,9,11,14-16H,5-8,10H2,1H3. The van der Waals surface area contributed by atoms with Crippen LogP contribution in [0.2, 0.25) is 0 Å². The summed E-state index contributed by atoms with van der Waals surface area (Å²) in [6.07, 6.45) is 2.60. The minimum absolute atomic E-state index is 0.383. The van der Waals surface area contributed by atoms with Crippen LogP contribution in [0.15, 0.2) is 24.3 Å². The number of benzene rings is 1. The van der Waals surface area contributed by atoms with Crippen molar-refractivity contribution in [2.75, 3.05) is 25.1 Å². The van der Waals surface area contributed by atoms with Gasteiger partial charge in [-0.1, -0.05) is 12.1 Å².